The maximum atomic E-state index is 5.38. The molecule has 0 unspecified atom stereocenters. The molecule has 1 aliphatic rings. The van der Waals surface area contributed by atoms with Crippen molar-refractivity contribution >= 4 is 12.4 Å². The second-order valence-corrected chi connectivity index (χ2v) is 4.34. The van der Waals surface area contributed by atoms with Crippen LogP contribution < -0.4 is 10.1 Å². The van der Waals surface area contributed by atoms with Crippen LogP contribution in [0.2, 0.25) is 0 Å². The monoisotopic (exact) mass is 256 g/mol. The summed E-state index contributed by atoms with van der Waals surface area (Å²) in [4.78, 5) is 2.49. The molecule has 96 valence electrons. The number of ether oxygens (including phenoxy) is 1. The van der Waals surface area contributed by atoms with Gasteiger partial charge in [0.15, 0.2) is 0 Å². The Bertz CT molecular complexity index is 346. The lowest BCUT2D eigenvalue weighted by molar-refractivity contribution is 0.164. The molecule has 3 nitrogen and oxygen atoms in total. The number of hydrogen-bond donors (Lipinski definition) is 1. The van der Waals surface area contributed by atoms with E-state index in [0.717, 1.165) is 31.9 Å². The number of hydrogen-bond acceptors (Lipinski definition) is 3. The minimum absolute atomic E-state index is 0. The summed E-state index contributed by atoms with van der Waals surface area (Å²) in [5.41, 5.74) is 1.28. The topological polar surface area (TPSA) is 24.5 Å². The van der Waals surface area contributed by atoms with Gasteiger partial charge in [-0.05, 0) is 13.0 Å². The van der Waals surface area contributed by atoms with Crippen LogP contribution in [-0.2, 0) is 6.54 Å². The lowest BCUT2D eigenvalue weighted by Gasteiger charge is -2.34. The maximum absolute atomic E-state index is 5.38. The second-order valence-electron chi connectivity index (χ2n) is 4.34. The van der Waals surface area contributed by atoms with Crippen LogP contribution in [0.25, 0.3) is 0 Å². The summed E-state index contributed by atoms with van der Waals surface area (Å²) >= 11 is 0. The van der Waals surface area contributed by atoms with E-state index in [0.29, 0.717) is 6.04 Å². The molecule has 1 atom stereocenters. The summed E-state index contributed by atoms with van der Waals surface area (Å²) in [6.07, 6.45) is 0. The average Bonchev–Trinajstić information content (AvgIpc) is 2.33. The number of para-hydroxylation sites is 1. The molecule has 1 saturated heterocycles. The Kier molecular flexibility index (Phi) is 5.75. The summed E-state index contributed by atoms with van der Waals surface area (Å²) < 4.78 is 5.38. The van der Waals surface area contributed by atoms with Gasteiger partial charge in [-0.25, -0.2) is 0 Å². The fourth-order valence-electron chi connectivity index (χ4n) is 2.17. The van der Waals surface area contributed by atoms with Gasteiger partial charge in [0, 0.05) is 37.8 Å². The predicted molar refractivity (Wildman–Crippen MR) is 73.0 cm³/mol. The van der Waals surface area contributed by atoms with Crippen molar-refractivity contribution in [3.8, 4) is 5.75 Å². The zero-order valence-electron chi connectivity index (χ0n) is 10.5. The standard InChI is InChI=1S/C13H20N2O.ClH/c1-11-9-14-7-8-15(11)10-12-5-3-4-6-13(12)16-2;/h3-6,11,14H,7-10H2,1-2H3;1H/t11-;/m0./s1. The third-order valence-electron chi connectivity index (χ3n) is 3.20. The molecule has 1 aromatic rings. The SMILES string of the molecule is COc1ccccc1CN1CCNC[C@@H]1C.Cl. The second kappa shape index (κ2) is 6.84. The Labute approximate surface area is 110 Å². The van der Waals surface area contributed by atoms with E-state index >= 15 is 0 Å². The first-order valence-electron chi connectivity index (χ1n) is 5.88. The summed E-state index contributed by atoms with van der Waals surface area (Å²) in [6.45, 7) is 6.52. The molecule has 0 aromatic heterocycles. The number of piperazine rings is 1. The van der Waals surface area contributed by atoms with Crippen molar-refractivity contribution in [3.63, 3.8) is 0 Å². The molecule has 1 aromatic carbocycles. The van der Waals surface area contributed by atoms with Crippen LogP contribution in [0.4, 0.5) is 0 Å². The molecule has 1 fully saturated rings. The Morgan fingerprint density at radius 1 is 1.41 bits per heavy atom. The third kappa shape index (κ3) is 3.60. The van der Waals surface area contributed by atoms with E-state index < -0.39 is 0 Å². The van der Waals surface area contributed by atoms with Crippen molar-refractivity contribution in [3.05, 3.63) is 29.8 Å². The number of benzene rings is 1. The maximum Gasteiger partial charge on any atom is 0.123 e. The van der Waals surface area contributed by atoms with Crippen LogP contribution in [0.15, 0.2) is 24.3 Å². The van der Waals surface area contributed by atoms with E-state index in [9.17, 15) is 0 Å². The molecule has 0 spiro atoms. The highest BCUT2D eigenvalue weighted by molar-refractivity contribution is 5.85. The Morgan fingerprint density at radius 3 is 2.88 bits per heavy atom. The summed E-state index contributed by atoms with van der Waals surface area (Å²) in [6, 6.07) is 8.86. The van der Waals surface area contributed by atoms with E-state index in [-0.39, 0.29) is 12.4 Å². The molecule has 17 heavy (non-hydrogen) atoms. The number of nitrogens with zero attached hydrogens (tertiary/aromatic N) is 1. The van der Waals surface area contributed by atoms with Gasteiger partial charge >= 0.3 is 0 Å². The van der Waals surface area contributed by atoms with Crippen molar-refractivity contribution in [2.24, 2.45) is 0 Å². The Hall–Kier alpha value is -0.770. The van der Waals surface area contributed by atoms with Gasteiger partial charge in [0.25, 0.3) is 0 Å². The molecule has 4 heteroatoms. The first-order valence-corrected chi connectivity index (χ1v) is 5.88. The van der Waals surface area contributed by atoms with Crippen molar-refractivity contribution in [2.75, 3.05) is 26.7 Å². The van der Waals surface area contributed by atoms with Crippen molar-refractivity contribution in [1.29, 1.82) is 0 Å². The average molecular weight is 257 g/mol. The lowest BCUT2D eigenvalue weighted by atomic mass is 10.1. The van der Waals surface area contributed by atoms with Gasteiger partial charge < -0.3 is 10.1 Å². The van der Waals surface area contributed by atoms with E-state index in [2.05, 4.69) is 29.3 Å². The van der Waals surface area contributed by atoms with Gasteiger partial charge in [-0.2, -0.15) is 0 Å². The third-order valence-corrected chi connectivity index (χ3v) is 3.20. The zero-order chi connectivity index (χ0) is 11.4. The Balaban J connectivity index is 0.00000144. The molecule has 1 N–H and O–H groups in total. The Morgan fingerprint density at radius 2 is 2.18 bits per heavy atom. The molecule has 1 heterocycles. The highest BCUT2D eigenvalue weighted by Gasteiger charge is 2.18. The molecular formula is C13H21ClN2O. The molecule has 1 aliphatic heterocycles. The molecule has 2 rings (SSSR count). The number of methoxy groups -OCH3 is 1. The van der Waals surface area contributed by atoms with Crippen LogP contribution in [0.1, 0.15) is 12.5 Å². The van der Waals surface area contributed by atoms with Gasteiger partial charge in [0.2, 0.25) is 0 Å². The smallest absolute Gasteiger partial charge is 0.123 e. The highest BCUT2D eigenvalue weighted by atomic mass is 35.5. The molecule has 0 saturated carbocycles. The van der Waals surface area contributed by atoms with Gasteiger partial charge in [-0.1, -0.05) is 18.2 Å². The van der Waals surface area contributed by atoms with Crippen molar-refractivity contribution in [1.82, 2.24) is 10.2 Å². The van der Waals surface area contributed by atoms with Gasteiger partial charge in [-0.15, -0.1) is 12.4 Å². The molecule has 0 aliphatic carbocycles. The van der Waals surface area contributed by atoms with Crippen molar-refractivity contribution < 1.29 is 4.74 Å². The van der Waals surface area contributed by atoms with Crippen LogP contribution in [0, 0.1) is 0 Å². The minimum Gasteiger partial charge on any atom is -0.496 e. The van der Waals surface area contributed by atoms with Crippen molar-refractivity contribution in [2.45, 2.75) is 19.5 Å². The first-order chi connectivity index (χ1) is 7.81. The van der Waals surface area contributed by atoms with Gasteiger partial charge in [0.05, 0.1) is 7.11 Å². The van der Waals surface area contributed by atoms with E-state index in [1.165, 1.54) is 5.56 Å². The lowest BCUT2D eigenvalue weighted by Crippen LogP contribution is -2.49. The van der Waals surface area contributed by atoms with Crippen LogP contribution in [0.3, 0.4) is 0 Å². The van der Waals surface area contributed by atoms with Crippen LogP contribution >= 0.6 is 12.4 Å². The normalized spacial score (nSPS) is 20.7. The van der Waals surface area contributed by atoms with E-state index in [4.69, 9.17) is 4.74 Å². The fourth-order valence-corrected chi connectivity index (χ4v) is 2.17. The predicted octanol–water partition coefficient (Wildman–Crippen LogP) is 1.91. The summed E-state index contributed by atoms with van der Waals surface area (Å²) in [5.74, 6) is 0.994. The van der Waals surface area contributed by atoms with E-state index in [1.807, 2.05) is 12.1 Å². The fraction of sp³-hybridized carbons (Fsp3) is 0.538. The van der Waals surface area contributed by atoms with Gasteiger partial charge in [-0.3, -0.25) is 4.90 Å². The summed E-state index contributed by atoms with van der Waals surface area (Å²) in [5, 5.41) is 3.41. The molecule has 0 radical (unpaired) electrons. The number of nitrogens with one attached hydrogen (secondary N) is 1. The zero-order valence-corrected chi connectivity index (χ0v) is 11.3. The quantitative estimate of drug-likeness (QED) is 0.894. The molecule has 0 bridgehead atoms. The first kappa shape index (κ1) is 14.3. The largest absolute Gasteiger partial charge is 0.496 e. The number of rotatable bonds is 3. The molecule has 0 amide bonds. The van der Waals surface area contributed by atoms with Crippen LogP contribution in [-0.4, -0.2) is 37.7 Å². The van der Waals surface area contributed by atoms with Crippen LogP contribution in [0.5, 0.6) is 5.75 Å². The minimum atomic E-state index is 0. The molecular weight excluding hydrogens is 236 g/mol. The van der Waals surface area contributed by atoms with Gasteiger partial charge in [0.1, 0.15) is 5.75 Å². The number of halogens is 1. The highest BCUT2D eigenvalue weighted by Crippen LogP contribution is 2.20. The summed E-state index contributed by atoms with van der Waals surface area (Å²) in [7, 11) is 1.74. The van der Waals surface area contributed by atoms with E-state index in [1.54, 1.807) is 7.11 Å².